The summed E-state index contributed by atoms with van der Waals surface area (Å²) in [5.41, 5.74) is 2.29. The van der Waals surface area contributed by atoms with Gasteiger partial charge in [-0.15, -0.1) is 0 Å². The summed E-state index contributed by atoms with van der Waals surface area (Å²) in [5.74, 6) is -1.03. The molecule has 8 heteroatoms. The van der Waals surface area contributed by atoms with E-state index in [-0.39, 0.29) is 11.6 Å². The zero-order chi connectivity index (χ0) is 21.3. The number of hydrogen-bond donors (Lipinski definition) is 3. The van der Waals surface area contributed by atoms with Gasteiger partial charge in [0.15, 0.2) is 0 Å². The van der Waals surface area contributed by atoms with E-state index in [1.165, 1.54) is 12.1 Å². The molecule has 3 aromatic rings. The Kier molecular flexibility index (Phi) is 5.31. The molecule has 30 heavy (non-hydrogen) atoms. The molecule has 1 aliphatic rings. The monoisotopic (exact) mass is 419 g/mol. The molecule has 1 aromatic heterocycles. The van der Waals surface area contributed by atoms with Crippen molar-refractivity contribution < 1.29 is 9.18 Å². The molecule has 3 N–H and O–H groups in total. The number of nitriles is 1. The molecule has 2 heterocycles. The van der Waals surface area contributed by atoms with Crippen LogP contribution in [0.15, 0.2) is 65.7 Å². The smallest absolute Gasteiger partial charge is 0.272 e. The second kappa shape index (κ2) is 8.06. The Morgan fingerprint density at radius 1 is 1.30 bits per heavy atom. The lowest BCUT2D eigenvalue weighted by Crippen LogP contribution is -2.20. The fraction of sp³-hybridized carbons (Fsp3) is 0.0909. The molecule has 2 atom stereocenters. The van der Waals surface area contributed by atoms with E-state index in [4.69, 9.17) is 10.0 Å². The summed E-state index contributed by atoms with van der Waals surface area (Å²) in [6, 6.07) is 15.3. The van der Waals surface area contributed by atoms with E-state index in [0.29, 0.717) is 21.8 Å². The van der Waals surface area contributed by atoms with Crippen LogP contribution in [0.2, 0.25) is 0 Å². The number of carbonyl (C=O) groups excluding carboxylic acids is 1. The number of rotatable bonds is 3. The molecule has 0 bridgehead atoms. The Balaban J connectivity index is 1.68. The minimum atomic E-state index is -1.03. The number of anilines is 1. The number of benzene rings is 2. The van der Waals surface area contributed by atoms with Crippen LogP contribution in [0.1, 0.15) is 33.2 Å². The van der Waals surface area contributed by atoms with Gasteiger partial charge in [-0.3, -0.25) is 9.57 Å². The highest BCUT2D eigenvalue weighted by Crippen LogP contribution is 2.29. The lowest BCUT2D eigenvalue weighted by molar-refractivity contribution is 0.101. The van der Waals surface area contributed by atoms with Gasteiger partial charge in [-0.2, -0.15) is 5.26 Å². The Hall–Kier alpha value is -3.54. The zero-order valence-corrected chi connectivity index (χ0v) is 16.8. The topological polar surface area (TPSA) is 93.7 Å². The average Bonchev–Trinajstić information content (AvgIpc) is 3.00. The van der Waals surface area contributed by atoms with E-state index >= 15 is 0 Å². The lowest BCUT2D eigenvalue weighted by Gasteiger charge is -2.14. The average molecular weight is 419 g/mol. The van der Waals surface area contributed by atoms with Gasteiger partial charge in [0.25, 0.3) is 5.91 Å². The molecule has 0 aliphatic carbocycles. The van der Waals surface area contributed by atoms with Crippen molar-refractivity contribution >= 4 is 28.5 Å². The van der Waals surface area contributed by atoms with Gasteiger partial charge in [-0.1, -0.05) is 42.5 Å². The van der Waals surface area contributed by atoms with Crippen molar-refractivity contribution in [2.45, 2.75) is 10.9 Å². The number of halogens is 1. The van der Waals surface area contributed by atoms with Crippen LogP contribution in [0.4, 0.5) is 10.1 Å². The van der Waals surface area contributed by atoms with Gasteiger partial charge in [0, 0.05) is 24.5 Å². The number of amides is 1. The third kappa shape index (κ3) is 3.68. The Morgan fingerprint density at radius 3 is 2.80 bits per heavy atom. The first-order chi connectivity index (χ1) is 14.5. The van der Waals surface area contributed by atoms with Crippen molar-refractivity contribution in [1.29, 1.82) is 10.0 Å². The summed E-state index contributed by atoms with van der Waals surface area (Å²) in [6.45, 7) is 0. The largest absolute Gasteiger partial charge is 0.345 e. The van der Waals surface area contributed by atoms with Crippen LogP contribution >= 0.6 is 0 Å². The zero-order valence-electron chi connectivity index (χ0n) is 16.0. The highest BCUT2D eigenvalue weighted by Gasteiger charge is 2.24. The number of hydrogen-bond acceptors (Lipinski definition) is 3. The summed E-state index contributed by atoms with van der Waals surface area (Å²) < 4.78 is 27.1. The Bertz CT molecular complexity index is 1230. The number of nitrogens with zero attached hydrogens (tertiary/aromatic N) is 2. The molecule has 0 radical (unpaired) electrons. The third-order valence-corrected chi connectivity index (χ3v) is 6.08. The molecule has 1 amide bonds. The molecule has 1 aliphatic heterocycles. The van der Waals surface area contributed by atoms with E-state index in [9.17, 15) is 9.18 Å². The van der Waals surface area contributed by atoms with Crippen LogP contribution in [-0.2, 0) is 17.9 Å². The number of aromatic nitrogens is 1. The van der Waals surface area contributed by atoms with Gasteiger partial charge >= 0.3 is 0 Å². The van der Waals surface area contributed by atoms with Crippen LogP contribution in [0.3, 0.4) is 0 Å². The Labute approximate surface area is 175 Å². The normalized spacial score (nSPS) is 17.6. The van der Waals surface area contributed by atoms with E-state index in [0.717, 1.165) is 11.6 Å². The van der Waals surface area contributed by atoms with Crippen molar-refractivity contribution in [2.24, 2.45) is 7.05 Å². The maximum Gasteiger partial charge on any atom is 0.272 e. The Morgan fingerprint density at radius 2 is 2.07 bits per heavy atom. The predicted molar refractivity (Wildman–Crippen MR) is 114 cm³/mol. The van der Waals surface area contributed by atoms with Gasteiger partial charge in [0.2, 0.25) is 0 Å². The van der Waals surface area contributed by atoms with Gasteiger partial charge in [0.1, 0.15) is 17.6 Å². The van der Waals surface area contributed by atoms with Crippen molar-refractivity contribution in [3.8, 4) is 6.07 Å². The van der Waals surface area contributed by atoms with E-state index < -0.39 is 22.6 Å². The fourth-order valence-corrected chi connectivity index (χ4v) is 4.61. The van der Waals surface area contributed by atoms with Crippen LogP contribution in [-0.4, -0.2) is 10.5 Å². The minimum absolute atomic E-state index is 0.138. The van der Waals surface area contributed by atoms with Gasteiger partial charge in [-0.25, -0.2) is 9.11 Å². The van der Waals surface area contributed by atoms with Crippen molar-refractivity contribution in [1.82, 2.24) is 9.29 Å². The van der Waals surface area contributed by atoms with Crippen LogP contribution in [0.5, 0.6) is 0 Å². The lowest BCUT2D eigenvalue weighted by atomic mass is 10.1. The predicted octanol–water partition coefficient (Wildman–Crippen LogP) is 4.30. The molecule has 0 fully saturated rings. The molecule has 4 rings (SSSR count). The molecule has 150 valence electrons. The van der Waals surface area contributed by atoms with Crippen LogP contribution in [0.25, 0.3) is 6.08 Å². The summed E-state index contributed by atoms with van der Waals surface area (Å²) in [4.78, 5) is 13.7. The molecule has 2 unspecified atom stereocenters. The summed E-state index contributed by atoms with van der Waals surface area (Å²) in [6.07, 6.45) is 5.58. The van der Waals surface area contributed by atoms with Crippen LogP contribution in [0, 0.1) is 21.9 Å². The first kappa shape index (κ1) is 19.8. The van der Waals surface area contributed by atoms with E-state index in [2.05, 4.69) is 10.0 Å². The molecular weight excluding hydrogens is 401 g/mol. The highest BCUT2D eigenvalue weighted by molar-refractivity contribution is 7.84. The molecule has 2 aromatic carbocycles. The maximum absolute atomic E-state index is 13.6. The number of carbonyl (C=O) groups is 1. The molecule has 0 spiro atoms. The molecular formula is C22H18FN5OS. The molecule has 0 saturated carbocycles. The molecule has 0 saturated heterocycles. The van der Waals surface area contributed by atoms with Gasteiger partial charge in [-0.05, 0) is 34.6 Å². The van der Waals surface area contributed by atoms with Crippen LogP contribution < -0.4 is 10.0 Å². The van der Waals surface area contributed by atoms with Gasteiger partial charge in [0.05, 0.1) is 16.5 Å². The highest BCUT2D eigenvalue weighted by atomic mass is 32.2. The second-order valence-electron chi connectivity index (χ2n) is 6.80. The SMILES string of the molecule is Cn1cc2c(c1C(=O)Nc1ccc(F)c(C#N)c1)C=CC(c1ccccc1)NS2=N. The summed E-state index contributed by atoms with van der Waals surface area (Å²) in [7, 11) is 0.715. The summed E-state index contributed by atoms with van der Waals surface area (Å²) >= 11 is 0. The fourth-order valence-electron chi connectivity index (χ4n) is 3.36. The minimum Gasteiger partial charge on any atom is -0.345 e. The number of fused-ring (bicyclic) bond motifs is 1. The second-order valence-corrected chi connectivity index (χ2v) is 8.09. The number of aryl methyl sites for hydroxylation is 1. The molecule has 6 nitrogen and oxygen atoms in total. The third-order valence-electron chi connectivity index (χ3n) is 4.82. The summed E-state index contributed by atoms with van der Waals surface area (Å²) in [5, 5.41) is 11.7. The standard InChI is InChI=1S/C22H18FN5OS/c1-28-13-20-17(8-10-19(27-30(20)25)14-5-3-2-4-6-14)21(28)22(29)26-16-7-9-18(23)15(11-16)12-24/h2-11,13,19H,1H3,(H2,25,27)(H,26,29). The van der Waals surface area contributed by atoms with Crippen molar-refractivity contribution in [3.63, 3.8) is 0 Å². The van der Waals surface area contributed by atoms with Crippen molar-refractivity contribution in [3.05, 3.63) is 89.0 Å². The number of nitrogens with one attached hydrogen (secondary N) is 3. The maximum atomic E-state index is 13.6. The van der Waals surface area contributed by atoms with Crippen molar-refractivity contribution in [2.75, 3.05) is 5.32 Å². The van der Waals surface area contributed by atoms with Gasteiger partial charge < -0.3 is 9.88 Å². The first-order valence-corrected chi connectivity index (χ1v) is 10.4. The quantitative estimate of drug-likeness (QED) is 0.591. The first-order valence-electron chi connectivity index (χ1n) is 9.13. The van der Waals surface area contributed by atoms with E-state index in [1.807, 2.05) is 42.5 Å². The van der Waals surface area contributed by atoms with E-state index in [1.54, 1.807) is 23.9 Å².